The molecule has 75 heavy (non-hydrogen) atoms. The lowest BCUT2D eigenvalue weighted by molar-refractivity contribution is -0.161. The van der Waals surface area contributed by atoms with Gasteiger partial charge in [-0.3, -0.25) is 18.6 Å². The molecule has 0 saturated heterocycles. The highest BCUT2D eigenvalue weighted by Crippen LogP contribution is 2.43. The monoisotopic (exact) mass is 1060 g/mol. The standard InChI is InChI=1S/C65H102NO8P/c1-3-5-7-9-11-13-15-17-19-21-23-25-27-28-29-30-31-32-33-34-36-38-40-42-44-46-48-50-52-54-56-58-65(68)74-63(62-73-75(69,70)72-60-59-66)61-71-64(67)57-55-53-51-49-47-45-43-41-39-37-35-26-24-22-20-18-16-14-12-10-8-6-4-2/h5-8,11-14,17-20,23-26,28-29,31-32,34,36-37,39,43,45,49,51,63H,3-4,9-10,15-16,21-22,27,30,33,35,38,40-42,44,46-48,50,52-62,66H2,1-2H3,(H,69,70)/b7-5-,8-6-,13-11-,14-12-,19-17-,20-18-,25-23-,26-24-,29-28-,32-31-,36-34-,39-37-,45-43-,51-49-. The summed E-state index contributed by atoms with van der Waals surface area (Å²) in [6.45, 7) is 3.41. The molecule has 0 bridgehead atoms. The van der Waals surface area contributed by atoms with Gasteiger partial charge in [-0.25, -0.2) is 4.57 Å². The van der Waals surface area contributed by atoms with Crippen LogP contribution in [0.2, 0.25) is 0 Å². The summed E-state index contributed by atoms with van der Waals surface area (Å²) in [4.78, 5) is 35.2. The van der Waals surface area contributed by atoms with Gasteiger partial charge in [-0.15, -0.1) is 0 Å². The van der Waals surface area contributed by atoms with Gasteiger partial charge in [0.25, 0.3) is 0 Å². The SMILES string of the molecule is CC/C=C\C/C=C\C/C=C\C/C=C\C/C=C\C/C=C\C/C=C\CCCCCCCCCCCC(=O)OC(COC(=O)CCC/C=C\C/C=C\C/C=C\C/C=C\C/C=C\C/C=C\C/C=C\CC)COP(=O)(O)OCCN. The molecule has 0 amide bonds. The Morgan fingerprint density at radius 3 is 1.07 bits per heavy atom. The van der Waals surface area contributed by atoms with Gasteiger partial charge in [0, 0.05) is 19.4 Å². The van der Waals surface area contributed by atoms with Crippen molar-refractivity contribution in [3.05, 3.63) is 170 Å². The Bertz CT molecular complexity index is 1820. The molecule has 0 saturated carbocycles. The van der Waals surface area contributed by atoms with E-state index in [0.717, 1.165) is 122 Å². The topological polar surface area (TPSA) is 134 Å². The molecule has 0 rings (SSSR count). The molecule has 0 aromatic carbocycles. The lowest BCUT2D eigenvalue weighted by Crippen LogP contribution is -2.29. The van der Waals surface area contributed by atoms with Crippen molar-refractivity contribution in [1.29, 1.82) is 0 Å². The van der Waals surface area contributed by atoms with Crippen molar-refractivity contribution >= 4 is 19.8 Å². The number of hydrogen-bond donors (Lipinski definition) is 2. The van der Waals surface area contributed by atoms with Crippen molar-refractivity contribution in [2.45, 2.75) is 200 Å². The predicted molar refractivity (Wildman–Crippen MR) is 320 cm³/mol. The number of carbonyl (C=O) groups is 2. The van der Waals surface area contributed by atoms with Crippen molar-refractivity contribution in [2.75, 3.05) is 26.4 Å². The Kier molecular flexibility index (Phi) is 55.0. The Morgan fingerprint density at radius 1 is 0.400 bits per heavy atom. The Labute approximate surface area is 457 Å². The van der Waals surface area contributed by atoms with E-state index in [1.54, 1.807) is 0 Å². The highest BCUT2D eigenvalue weighted by Gasteiger charge is 2.26. The fourth-order valence-electron chi connectivity index (χ4n) is 6.96. The average molecular weight is 1060 g/mol. The molecule has 0 heterocycles. The number of phosphoric ester groups is 1. The fraction of sp³-hybridized carbons (Fsp3) is 0.538. The van der Waals surface area contributed by atoms with E-state index in [0.29, 0.717) is 12.8 Å². The Morgan fingerprint density at radius 2 is 0.707 bits per heavy atom. The molecule has 0 fully saturated rings. The molecule has 2 atom stereocenters. The van der Waals surface area contributed by atoms with E-state index in [9.17, 15) is 19.0 Å². The van der Waals surface area contributed by atoms with Crippen LogP contribution in [0.4, 0.5) is 0 Å². The molecule has 10 heteroatoms. The first-order valence-corrected chi connectivity index (χ1v) is 30.1. The minimum absolute atomic E-state index is 0.0345. The van der Waals surface area contributed by atoms with Gasteiger partial charge in [0.2, 0.25) is 0 Å². The first kappa shape index (κ1) is 70.4. The molecule has 0 aliphatic carbocycles. The van der Waals surface area contributed by atoms with Crippen LogP contribution >= 0.6 is 7.82 Å². The van der Waals surface area contributed by atoms with Gasteiger partial charge in [-0.05, 0) is 122 Å². The predicted octanol–water partition coefficient (Wildman–Crippen LogP) is 18.3. The van der Waals surface area contributed by atoms with Crippen LogP contribution in [0.3, 0.4) is 0 Å². The number of nitrogens with two attached hydrogens (primary N) is 1. The number of hydrogen-bond acceptors (Lipinski definition) is 8. The molecule has 0 aliphatic rings. The van der Waals surface area contributed by atoms with Crippen LogP contribution in [0.15, 0.2) is 170 Å². The second-order valence-corrected chi connectivity index (χ2v) is 19.5. The van der Waals surface area contributed by atoms with Gasteiger partial charge in [0.15, 0.2) is 6.10 Å². The van der Waals surface area contributed by atoms with Gasteiger partial charge >= 0.3 is 19.8 Å². The van der Waals surface area contributed by atoms with Crippen LogP contribution in [0.25, 0.3) is 0 Å². The minimum Gasteiger partial charge on any atom is -0.462 e. The zero-order valence-corrected chi connectivity index (χ0v) is 47.6. The molecule has 0 spiro atoms. The van der Waals surface area contributed by atoms with Crippen molar-refractivity contribution < 1.29 is 37.6 Å². The van der Waals surface area contributed by atoms with Gasteiger partial charge in [0.1, 0.15) is 6.61 Å². The lowest BCUT2D eigenvalue weighted by atomic mass is 10.1. The van der Waals surface area contributed by atoms with E-state index in [1.807, 2.05) is 6.08 Å². The van der Waals surface area contributed by atoms with E-state index in [4.69, 9.17) is 24.3 Å². The molecule has 0 aromatic rings. The van der Waals surface area contributed by atoms with Crippen molar-refractivity contribution in [1.82, 2.24) is 0 Å². The molecule has 0 aromatic heterocycles. The maximum absolute atomic E-state index is 12.7. The number of carbonyl (C=O) groups excluding carboxylic acids is 2. The largest absolute Gasteiger partial charge is 0.472 e. The van der Waals surface area contributed by atoms with Crippen molar-refractivity contribution in [2.24, 2.45) is 5.73 Å². The number of rotatable bonds is 51. The summed E-state index contributed by atoms with van der Waals surface area (Å²) >= 11 is 0. The highest BCUT2D eigenvalue weighted by atomic mass is 31.2. The summed E-state index contributed by atoms with van der Waals surface area (Å²) in [5.41, 5.74) is 5.37. The molecular weight excluding hydrogens is 954 g/mol. The molecule has 0 radical (unpaired) electrons. The first-order valence-electron chi connectivity index (χ1n) is 28.6. The van der Waals surface area contributed by atoms with Crippen LogP contribution in [0.1, 0.15) is 194 Å². The molecule has 420 valence electrons. The van der Waals surface area contributed by atoms with E-state index in [1.165, 1.54) is 32.1 Å². The summed E-state index contributed by atoms with van der Waals surface area (Å²) in [5.74, 6) is -0.920. The lowest BCUT2D eigenvalue weighted by Gasteiger charge is -2.19. The molecule has 9 nitrogen and oxygen atoms in total. The normalized spacial score (nSPS) is 14.3. The molecule has 2 unspecified atom stereocenters. The van der Waals surface area contributed by atoms with Crippen LogP contribution < -0.4 is 5.73 Å². The van der Waals surface area contributed by atoms with E-state index < -0.39 is 32.5 Å². The minimum atomic E-state index is -4.42. The summed E-state index contributed by atoms with van der Waals surface area (Å²) in [6.07, 6.45) is 86.9. The quantitative estimate of drug-likeness (QED) is 0.0264. The molecule has 0 aliphatic heterocycles. The van der Waals surface area contributed by atoms with Gasteiger partial charge < -0.3 is 20.1 Å². The van der Waals surface area contributed by atoms with Crippen molar-refractivity contribution in [3.63, 3.8) is 0 Å². The van der Waals surface area contributed by atoms with Crippen LogP contribution in [0, 0.1) is 0 Å². The third-order valence-corrected chi connectivity index (χ3v) is 12.1. The maximum Gasteiger partial charge on any atom is 0.472 e. The fourth-order valence-corrected chi connectivity index (χ4v) is 7.72. The first-order chi connectivity index (χ1) is 36.8. The van der Waals surface area contributed by atoms with Gasteiger partial charge in [0.05, 0.1) is 13.2 Å². The van der Waals surface area contributed by atoms with E-state index in [-0.39, 0.29) is 32.6 Å². The number of ether oxygens (including phenoxy) is 2. The van der Waals surface area contributed by atoms with Crippen molar-refractivity contribution in [3.8, 4) is 0 Å². The third kappa shape index (κ3) is 58.5. The zero-order chi connectivity index (χ0) is 54.5. The van der Waals surface area contributed by atoms with Crippen LogP contribution in [-0.2, 0) is 32.7 Å². The Hall–Kier alpha value is -4.63. The summed E-state index contributed by atoms with van der Waals surface area (Å²) in [5, 5.41) is 0. The second-order valence-electron chi connectivity index (χ2n) is 18.0. The Balaban J connectivity index is 4.15. The average Bonchev–Trinajstić information content (AvgIpc) is 3.40. The molecular formula is C65H102NO8P. The number of phosphoric acid groups is 1. The van der Waals surface area contributed by atoms with E-state index in [2.05, 4.69) is 178 Å². The summed E-state index contributed by atoms with van der Waals surface area (Å²) < 4.78 is 32.9. The third-order valence-electron chi connectivity index (χ3n) is 11.1. The maximum atomic E-state index is 12.7. The number of esters is 2. The smallest absolute Gasteiger partial charge is 0.462 e. The van der Waals surface area contributed by atoms with Gasteiger partial charge in [-0.2, -0.15) is 0 Å². The van der Waals surface area contributed by atoms with Crippen LogP contribution in [0.5, 0.6) is 0 Å². The van der Waals surface area contributed by atoms with Crippen LogP contribution in [-0.4, -0.2) is 49.3 Å². The van der Waals surface area contributed by atoms with E-state index >= 15 is 0 Å². The summed E-state index contributed by atoms with van der Waals surface area (Å²) in [6, 6.07) is 0. The zero-order valence-electron chi connectivity index (χ0n) is 46.7. The molecule has 3 N–H and O–H groups in total. The highest BCUT2D eigenvalue weighted by molar-refractivity contribution is 7.47. The summed E-state index contributed by atoms with van der Waals surface area (Å²) in [7, 11) is -4.42. The van der Waals surface area contributed by atoms with Gasteiger partial charge in [-0.1, -0.05) is 229 Å². The second kappa shape index (κ2) is 58.6. The number of unbranched alkanes of at least 4 members (excludes halogenated alkanes) is 10. The number of allylic oxidation sites excluding steroid dienone is 28.